The molecule has 140 valence electrons. The van der Waals surface area contributed by atoms with Crippen molar-refractivity contribution >= 4 is 16.9 Å². The van der Waals surface area contributed by atoms with Gasteiger partial charge in [0.1, 0.15) is 0 Å². The van der Waals surface area contributed by atoms with Crippen LogP contribution in [0.5, 0.6) is 0 Å². The molecule has 1 rings (SSSR count). The maximum atomic E-state index is 13.0. The van der Waals surface area contributed by atoms with E-state index in [4.69, 9.17) is 3.97 Å². The Balaban J connectivity index is 3.40. The zero-order valence-corrected chi connectivity index (χ0v) is 18.0. The summed E-state index contributed by atoms with van der Waals surface area (Å²) >= 11 is 0. The van der Waals surface area contributed by atoms with Gasteiger partial charge in [-0.05, 0) is 0 Å². The SMILES string of the molecule is CC(C)CP(C)(CC(C)C)(CC(C)C)OS(=O)(=O)c1ccccc1. The van der Waals surface area contributed by atoms with Gasteiger partial charge in [0.05, 0.1) is 0 Å². The molecule has 0 aromatic heterocycles. The molecule has 1 aromatic rings. The zero-order valence-electron chi connectivity index (χ0n) is 16.3. The molecule has 5 heteroatoms. The van der Waals surface area contributed by atoms with Crippen molar-refractivity contribution in [1.29, 1.82) is 0 Å². The topological polar surface area (TPSA) is 43.4 Å². The minimum absolute atomic E-state index is 0.261. The molecule has 0 amide bonds. The quantitative estimate of drug-likeness (QED) is 0.539. The first-order chi connectivity index (χ1) is 10.9. The van der Waals surface area contributed by atoms with Crippen LogP contribution in [-0.2, 0) is 14.1 Å². The first kappa shape index (κ1) is 21.6. The summed E-state index contributed by atoms with van der Waals surface area (Å²) in [7, 11) is -3.76. The Morgan fingerprint density at radius 1 is 0.833 bits per heavy atom. The second kappa shape index (κ2) is 7.85. The van der Waals surface area contributed by atoms with Crippen LogP contribution in [0.4, 0.5) is 0 Å². The Labute approximate surface area is 149 Å². The molecule has 0 spiro atoms. The van der Waals surface area contributed by atoms with E-state index in [1.165, 1.54) is 0 Å². The van der Waals surface area contributed by atoms with Crippen LogP contribution in [0, 0.1) is 17.8 Å². The summed E-state index contributed by atoms with van der Waals surface area (Å²) in [6.07, 6.45) is 2.52. The predicted octanol–water partition coefficient (Wildman–Crippen LogP) is 5.46. The predicted molar refractivity (Wildman–Crippen MR) is 107 cm³/mol. The van der Waals surface area contributed by atoms with E-state index in [0.29, 0.717) is 17.8 Å². The molecule has 0 aliphatic heterocycles. The fraction of sp³-hybridized carbons (Fsp3) is 0.684. The standard InChI is InChI=1S/C19H35O3PS/c1-16(2)13-23(7,14-17(3)4,15-18(5)6)22-24(20,21)19-11-9-8-10-12-19/h8-12,16-18H,13-15H2,1-7H3. The number of benzene rings is 1. The van der Waals surface area contributed by atoms with Gasteiger partial charge in [0.25, 0.3) is 0 Å². The summed E-state index contributed by atoms with van der Waals surface area (Å²) < 4.78 is 32.3. The minimum atomic E-state index is -3.76. The van der Waals surface area contributed by atoms with E-state index in [2.05, 4.69) is 48.2 Å². The van der Waals surface area contributed by atoms with Crippen LogP contribution in [0.3, 0.4) is 0 Å². The average Bonchev–Trinajstić information content (AvgIpc) is 2.34. The van der Waals surface area contributed by atoms with E-state index >= 15 is 0 Å². The van der Waals surface area contributed by atoms with Gasteiger partial charge >= 0.3 is 149 Å². The Bertz CT molecular complexity index is 592. The summed E-state index contributed by atoms with van der Waals surface area (Å²) in [6.45, 7) is 12.2. The molecule has 0 aliphatic rings. The van der Waals surface area contributed by atoms with Crippen molar-refractivity contribution in [2.45, 2.75) is 46.4 Å². The van der Waals surface area contributed by atoms with Crippen molar-refractivity contribution in [1.82, 2.24) is 0 Å². The van der Waals surface area contributed by atoms with Gasteiger partial charge in [-0.3, -0.25) is 0 Å². The van der Waals surface area contributed by atoms with Crippen molar-refractivity contribution < 1.29 is 12.4 Å². The third kappa shape index (κ3) is 6.13. The molecule has 0 saturated heterocycles. The summed E-state index contributed by atoms with van der Waals surface area (Å²) in [6, 6.07) is 8.55. The van der Waals surface area contributed by atoms with Gasteiger partial charge in [0.15, 0.2) is 0 Å². The molecule has 0 unspecified atom stereocenters. The van der Waals surface area contributed by atoms with Crippen molar-refractivity contribution in [3.63, 3.8) is 0 Å². The van der Waals surface area contributed by atoms with Crippen molar-refractivity contribution in [3.8, 4) is 0 Å². The van der Waals surface area contributed by atoms with Crippen LogP contribution in [0.2, 0.25) is 0 Å². The van der Waals surface area contributed by atoms with Gasteiger partial charge < -0.3 is 0 Å². The van der Waals surface area contributed by atoms with E-state index in [-0.39, 0.29) is 4.90 Å². The maximum absolute atomic E-state index is 13.0. The van der Waals surface area contributed by atoms with Crippen molar-refractivity contribution in [3.05, 3.63) is 30.3 Å². The summed E-state index contributed by atoms with van der Waals surface area (Å²) in [5, 5.41) is 0. The van der Waals surface area contributed by atoms with E-state index in [1.807, 2.05) is 6.07 Å². The molecule has 0 fully saturated rings. The molecule has 0 heterocycles. The Morgan fingerprint density at radius 3 is 1.54 bits per heavy atom. The van der Waals surface area contributed by atoms with Crippen molar-refractivity contribution in [2.75, 3.05) is 25.2 Å². The van der Waals surface area contributed by atoms with Crippen LogP contribution in [0.25, 0.3) is 0 Å². The molecule has 1 aromatic carbocycles. The molecule has 24 heavy (non-hydrogen) atoms. The molecule has 0 aliphatic carbocycles. The van der Waals surface area contributed by atoms with Gasteiger partial charge in [0, 0.05) is 0 Å². The van der Waals surface area contributed by atoms with Crippen LogP contribution in [0.1, 0.15) is 41.5 Å². The zero-order chi connectivity index (χ0) is 18.6. The Hall–Kier alpha value is -0.440. The second-order valence-corrected chi connectivity index (χ2v) is 16.2. The molecule has 0 atom stereocenters. The van der Waals surface area contributed by atoms with Gasteiger partial charge in [-0.1, -0.05) is 0 Å². The summed E-state index contributed by atoms with van der Waals surface area (Å²) in [5.74, 6) is 1.20. The van der Waals surface area contributed by atoms with Gasteiger partial charge in [-0.15, -0.1) is 0 Å². The fourth-order valence-corrected chi connectivity index (χ4v) is 15.0. The van der Waals surface area contributed by atoms with Gasteiger partial charge in [-0.2, -0.15) is 0 Å². The summed E-state index contributed by atoms with van der Waals surface area (Å²) in [4.78, 5) is 0.261. The molecule has 0 N–H and O–H groups in total. The van der Waals surface area contributed by atoms with E-state index in [0.717, 1.165) is 18.5 Å². The van der Waals surface area contributed by atoms with Gasteiger partial charge in [0.2, 0.25) is 0 Å². The Morgan fingerprint density at radius 2 is 1.21 bits per heavy atom. The molecular weight excluding hydrogens is 339 g/mol. The fourth-order valence-electron chi connectivity index (χ4n) is 4.34. The van der Waals surface area contributed by atoms with Crippen LogP contribution < -0.4 is 0 Å². The van der Waals surface area contributed by atoms with Gasteiger partial charge in [-0.25, -0.2) is 0 Å². The molecular formula is C19H35O3PS. The first-order valence-electron chi connectivity index (χ1n) is 8.88. The summed E-state index contributed by atoms with van der Waals surface area (Å²) in [5.41, 5.74) is 0. The van der Waals surface area contributed by atoms with Crippen LogP contribution in [-0.4, -0.2) is 33.6 Å². The van der Waals surface area contributed by atoms with Crippen LogP contribution in [0.15, 0.2) is 35.2 Å². The molecule has 0 bridgehead atoms. The normalized spacial score (nSPS) is 15.0. The first-order valence-corrected chi connectivity index (χ1v) is 13.4. The molecule has 0 saturated carbocycles. The molecule has 3 nitrogen and oxygen atoms in total. The number of hydrogen-bond acceptors (Lipinski definition) is 3. The second-order valence-electron chi connectivity index (χ2n) is 8.76. The van der Waals surface area contributed by atoms with E-state index < -0.39 is 16.9 Å². The van der Waals surface area contributed by atoms with Crippen LogP contribution >= 0.6 is 6.83 Å². The van der Waals surface area contributed by atoms with Crippen molar-refractivity contribution in [2.24, 2.45) is 17.8 Å². The van der Waals surface area contributed by atoms with E-state index in [9.17, 15) is 8.42 Å². The Kier molecular flexibility index (Phi) is 7.06. The van der Waals surface area contributed by atoms with E-state index in [1.54, 1.807) is 24.3 Å². The molecule has 0 radical (unpaired) electrons. The third-order valence-corrected chi connectivity index (χ3v) is 12.8. The third-order valence-electron chi connectivity index (χ3n) is 4.00. The number of rotatable bonds is 9. The monoisotopic (exact) mass is 374 g/mol. The average molecular weight is 375 g/mol. The number of hydrogen-bond donors (Lipinski definition) is 0.